The van der Waals surface area contributed by atoms with E-state index in [-0.39, 0.29) is 0 Å². The Morgan fingerprint density at radius 2 is 1.59 bits per heavy atom. The Morgan fingerprint density at radius 1 is 1.06 bits per heavy atom. The smallest absolute Gasteiger partial charge is 0.129 e. The molecule has 0 atom stereocenters. The van der Waals surface area contributed by atoms with E-state index in [1.54, 1.807) is 6.92 Å². The van der Waals surface area contributed by atoms with Crippen molar-refractivity contribution in [3.63, 3.8) is 0 Å². The first kappa shape index (κ1) is 14.6. The molecular formula is C13H27N3O. The van der Waals surface area contributed by atoms with Crippen LogP contribution in [0.1, 0.15) is 19.8 Å². The SMILES string of the molecule is CC(=O)CCCN1CCN(CCN(C)C)CC1. The number of likely N-dealkylation sites (N-methyl/N-ethyl adjacent to an activating group) is 1. The summed E-state index contributed by atoms with van der Waals surface area (Å²) in [7, 11) is 4.25. The molecule has 100 valence electrons. The summed E-state index contributed by atoms with van der Waals surface area (Å²) in [5.41, 5.74) is 0. The lowest BCUT2D eigenvalue weighted by Crippen LogP contribution is -2.48. The number of piperazine rings is 1. The molecule has 0 N–H and O–H groups in total. The highest BCUT2D eigenvalue weighted by atomic mass is 16.1. The summed E-state index contributed by atoms with van der Waals surface area (Å²) in [5.74, 6) is 0.314. The second kappa shape index (κ2) is 7.80. The number of ketones is 1. The van der Waals surface area contributed by atoms with E-state index in [4.69, 9.17) is 0 Å². The molecule has 0 bridgehead atoms. The predicted octanol–water partition coefficient (Wildman–Crippen LogP) is 0.535. The molecule has 0 radical (unpaired) electrons. The molecule has 1 aliphatic heterocycles. The molecule has 0 saturated carbocycles. The summed E-state index contributed by atoms with van der Waals surface area (Å²) in [6, 6.07) is 0. The van der Waals surface area contributed by atoms with Crippen LogP contribution in [0.5, 0.6) is 0 Å². The molecule has 0 aliphatic carbocycles. The van der Waals surface area contributed by atoms with E-state index in [1.807, 2.05) is 0 Å². The zero-order valence-corrected chi connectivity index (χ0v) is 11.6. The molecule has 1 rings (SSSR count). The average molecular weight is 241 g/mol. The normalized spacial score (nSPS) is 18.8. The van der Waals surface area contributed by atoms with Gasteiger partial charge in [-0.1, -0.05) is 0 Å². The largest absolute Gasteiger partial charge is 0.308 e. The molecule has 0 amide bonds. The van der Waals surface area contributed by atoms with E-state index in [0.29, 0.717) is 5.78 Å². The van der Waals surface area contributed by atoms with Crippen molar-refractivity contribution in [1.82, 2.24) is 14.7 Å². The summed E-state index contributed by atoms with van der Waals surface area (Å²) in [5, 5.41) is 0. The van der Waals surface area contributed by atoms with Crippen molar-refractivity contribution in [3.8, 4) is 0 Å². The van der Waals surface area contributed by atoms with E-state index < -0.39 is 0 Å². The van der Waals surface area contributed by atoms with E-state index >= 15 is 0 Å². The molecule has 1 fully saturated rings. The molecule has 1 aliphatic rings. The zero-order valence-electron chi connectivity index (χ0n) is 11.6. The van der Waals surface area contributed by atoms with E-state index in [9.17, 15) is 4.79 Å². The Hall–Kier alpha value is -0.450. The van der Waals surface area contributed by atoms with Crippen LogP contribution < -0.4 is 0 Å². The molecular weight excluding hydrogens is 214 g/mol. The summed E-state index contributed by atoms with van der Waals surface area (Å²) in [4.78, 5) is 18.1. The van der Waals surface area contributed by atoms with Crippen LogP contribution in [0.15, 0.2) is 0 Å². The number of Topliss-reactive ketones (excluding diaryl/α,β-unsaturated/α-hetero) is 1. The molecule has 17 heavy (non-hydrogen) atoms. The van der Waals surface area contributed by atoms with Crippen molar-refractivity contribution >= 4 is 5.78 Å². The topological polar surface area (TPSA) is 26.8 Å². The molecule has 1 heterocycles. The lowest BCUT2D eigenvalue weighted by molar-refractivity contribution is -0.117. The lowest BCUT2D eigenvalue weighted by Gasteiger charge is -2.35. The monoisotopic (exact) mass is 241 g/mol. The molecule has 4 nitrogen and oxygen atoms in total. The van der Waals surface area contributed by atoms with Crippen LogP contribution in [0.4, 0.5) is 0 Å². The maximum absolute atomic E-state index is 10.9. The van der Waals surface area contributed by atoms with E-state index in [0.717, 1.165) is 39.0 Å². The molecule has 0 aromatic carbocycles. The van der Waals surface area contributed by atoms with Crippen LogP contribution in [-0.4, -0.2) is 80.4 Å². The van der Waals surface area contributed by atoms with Gasteiger partial charge < -0.3 is 14.6 Å². The van der Waals surface area contributed by atoms with Gasteiger partial charge in [0.25, 0.3) is 0 Å². The number of nitrogens with zero attached hydrogens (tertiary/aromatic N) is 3. The first-order chi connectivity index (χ1) is 8.08. The molecule has 4 heteroatoms. The summed E-state index contributed by atoms with van der Waals surface area (Å²) < 4.78 is 0. The fraction of sp³-hybridized carbons (Fsp3) is 0.923. The number of carbonyl (C=O) groups is 1. The number of carbonyl (C=O) groups excluding carboxylic acids is 1. The summed E-state index contributed by atoms with van der Waals surface area (Å²) in [6.45, 7) is 9.75. The number of rotatable bonds is 7. The van der Waals surface area contributed by atoms with Gasteiger partial charge in [0.05, 0.1) is 0 Å². The Kier molecular flexibility index (Phi) is 6.70. The zero-order chi connectivity index (χ0) is 12.7. The van der Waals surface area contributed by atoms with Gasteiger partial charge in [-0.2, -0.15) is 0 Å². The van der Waals surface area contributed by atoms with Crippen molar-refractivity contribution in [2.24, 2.45) is 0 Å². The number of hydrogen-bond acceptors (Lipinski definition) is 4. The van der Waals surface area contributed by atoms with Crippen molar-refractivity contribution in [2.75, 3.05) is 59.9 Å². The average Bonchev–Trinajstić information content (AvgIpc) is 2.27. The van der Waals surface area contributed by atoms with Crippen LogP contribution in [0, 0.1) is 0 Å². The van der Waals surface area contributed by atoms with E-state index in [1.165, 1.54) is 19.6 Å². The van der Waals surface area contributed by atoms with Crippen molar-refractivity contribution in [2.45, 2.75) is 19.8 Å². The van der Waals surface area contributed by atoms with Crippen molar-refractivity contribution in [1.29, 1.82) is 0 Å². The highest BCUT2D eigenvalue weighted by Gasteiger charge is 2.16. The quantitative estimate of drug-likeness (QED) is 0.650. The third kappa shape index (κ3) is 6.76. The van der Waals surface area contributed by atoms with Gasteiger partial charge in [-0.15, -0.1) is 0 Å². The van der Waals surface area contributed by atoms with Crippen LogP contribution in [-0.2, 0) is 4.79 Å². The first-order valence-electron chi connectivity index (χ1n) is 6.67. The molecule has 0 unspecified atom stereocenters. The fourth-order valence-electron chi connectivity index (χ4n) is 2.13. The van der Waals surface area contributed by atoms with Gasteiger partial charge in [0.2, 0.25) is 0 Å². The van der Waals surface area contributed by atoms with Crippen molar-refractivity contribution < 1.29 is 4.79 Å². The third-order valence-corrected chi connectivity index (χ3v) is 3.33. The van der Waals surface area contributed by atoms with Gasteiger partial charge in [-0.3, -0.25) is 4.90 Å². The molecule has 0 aromatic rings. The standard InChI is InChI=1S/C13H27N3O/c1-13(17)5-4-6-15-9-11-16(12-10-15)8-7-14(2)3/h4-12H2,1-3H3. The summed E-state index contributed by atoms with van der Waals surface area (Å²) in [6.07, 6.45) is 1.76. The number of hydrogen-bond donors (Lipinski definition) is 0. The Balaban J connectivity index is 2.07. The van der Waals surface area contributed by atoms with Crippen molar-refractivity contribution in [3.05, 3.63) is 0 Å². The van der Waals surface area contributed by atoms with Gasteiger partial charge in [0.1, 0.15) is 5.78 Å². The second-order valence-corrected chi connectivity index (χ2v) is 5.29. The molecule has 0 spiro atoms. The highest BCUT2D eigenvalue weighted by molar-refractivity contribution is 5.75. The minimum Gasteiger partial charge on any atom is -0.308 e. The van der Waals surface area contributed by atoms with Gasteiger partial charge >= 0.3 is 0 Å². The minimum absolute atomic E-state index is 0.314. The van der Waals surface area contributed by atoms with Crippen LogP contribution in [0.3, 0.4) is 0 Å². The first-order valence-corrected chi connectivity index (χ1v) is 6.67. The Bertz CT molecular complexity index is 223. The van der Waals surface area contributed by atoms with Gasteiger partial charge in [-0.05, 0) is 34.0 Å². The van der Waals surface area contributed by atoms with Gasteiger partial charge in [0.15, 0.2) is 0 Å². The van der Waals surface area contributed by atoms with Gasteiger partial charge in [0, 0.05) is 45.7 Å². The Labute approximate surface area is 106 Å². The minimum atomic E-state index is 0.314. The maximum Gasteiger partial charge on any atom is 0.129 e. The maximum atomic E-state index is 10.9. The lowest BCUT2D eigenvalue weighted by atomic mass is 10.2. The second-order valence-electron chi connectivity index (χ2n) is 5.29. The molecule has 0 aromatic heterocycles. The highest BCUT2D eigenvalue weighted by Crippen LogP contribution is 2.03. The fourth-order valence-corrected chi connectivity index (χ4v) is 2.13. The summed E-state index contributed by atoms with van der Waals surface area (Å²) >= 11 is 0. The molecule has 1 saturated heterocycles. The van der Waals surface area contributed by atoms with E-state index in [2.05, 4.69) is 28.8 Å². The van der Waals surface area contributed by atoms with Crippen LogP contribution in [0.2, 0.25) is 0 Å². The van der Waals surface area contributed by atoms with Gasteiger partial charge in [-0.25, -0.2) is 0 Å². The Morgan fingerprint density at radius 3 is 2.06 bits per heavy atom. The van der Waals surface area contributed by atoms with Crippen LogP contribution in [0.25, 0.3) is 0 Å². The third-order valence-electron chi connectivity index (χ3n) is 3.33. The van der Waals surface area contributed by atoms with Crippen LogP contribution >= 0.6 is 0 Å². The predicted molar refractivity (Wildman–Crippen MR) is 71.3 cm³/mol.